The topological polar surface area (TPSA) is 55.6 Å². The SMILES string of the molecule is COc1ccc(SCCC(=O)N(Cc2ccco2)c2nc3ccc(F)cc3s2)cc1. The molecule has 0 aliphatic rings. The van der Waals surface area contributed by atoms with Crippen molar-refractivity contribution in [2.45, 2.75) is 17.9 Å². The summed E-state index contributed by atoms with van der Waals surface area (Å²) < 4.78 is 24.9. The molecule has 0 bridgehead atoms. The Hall–Kier alpha value is -2.84. The molecule has 0 fully saturated rings. The van der Waals surface area contributed by atoms with Gasteiger partial charge in [0, 0.05) is 17.1 Å². The number of fused-ring (bicyclic) bond motifs is 1. The summed E-state index contributed by atoms with van der Waals surface area (Å²) in [6, 6.07) is 15.8. The Morgan fingerprint density at radius 1 is 1.23 bits per heavy atom. The number of aromatic nitrogens is 1. The van der Waals surface area contributed by atoms with Crippen molar-refractivity contribution in [3.05, 3.63) is 72.4 Å². The maximum absolute atomic E-state index is 13.6. The van der Waals surface area contributed by atoms with Crippen LogP contribution in [0.5, 0.6) is 5.75 Å². The Kier molecular flexibility index (Phi) is 6.35. The normalized spacial score (nSPS) is 11.0. The van der Waals surface area contributed by atoms with E-state index in [1.807, 2.05) is 30.3 Å². The van der Waals surface area contributed by atoms with Gasteiger partial charge < -0.3 is 9.15 Å². The molecule has 30 heavy (non-hydrogen) atoms. The summed E-state index contributed by atoms with van der Waals surface area (Å²) in [4.78, 5) is 20.3. The number of thioether (sulfide) groups is 1. The highest BCUT2D eigenvalue weighted by Gasteiger charge is 2.21. The van der Waals surface area contributed by atoms with Crippen molar-refractivity contribution in [1.29, 1.82) is 0 Å². The smallest absolute Gasteiger partial charge is 0.230 e. The highest BCUT2D eigenvalue weighted by Crippen LogP contribution is 2.31. The van der Waals surface area contributed by atoms with Gasteiger partial charge in [0.05, 0.1) is 30.1 Å². The Balaban J connectivity index is 1.48. The van der Waals surface area contributed by atoms with Gasteiger partial charge in [-0.1, -0.05) is 11.3 Å². The van der Waals surface area contributed by atoms with Crippen LogP contribution in [0.15, 0.2) is 70.2 Å². The van der Waals surface area contributed by atoms with Crippen LogP contribution in [0.2, 0.25) is 0 Å². The number of nitrogens with zero attached hydrogens (tertiary/aromatic N) is 2. The maximum Gasteiger partial charge on any atom is 0.230 e. The molecule has 8 heteroatoms. The molecule has 5 nitrogen and oxygen atoms in total. The van der Waals surface area contributed by atoms with Gasteiger partial charge in [0.15, 0.2) is 5.13 Å². The quantitative estimate of drug-likeness (QED) is 0.325. The average molecular weight is 443 g/mol. The highest BCUT2D eigenvalue weighted by atomic mass is 32.2. The van der Waals surface area contributed by atoms with Crippen molar-refractivity contribution in [2.24, 2.45) is 0 Å². The summed E-state index contributed by atoms with van der Waals surface area (Å²) in [6.45, 7) is 0.279. The zero-order chi connectivity index (χ0) is 20.9. The Bertz CT molecular complexity index is 1130. The van der Waals surface area contributed by atoms with Gasteiger partial charge in [0.25, 0.3) is 0 Å². The molecule has 0 aliphatic carbocycles. The lowest BCUT2D eigenvalue weighted by atomic mass is 10.3. The summed E-state index contributed by atoms with van der Waals surface area (Å²) >= 11 is 2.90. The second-order valence-electron chi connectivity index (χ2n) is 6.44. The van der Waals surface area contributed by atoms with E-state index in [0.29, 0.717) is 33.3 Å². The molecule has 154 valence electrons. The third-order valence-electron chi connectivity index (χ3n) is 4.41. The Morgan fingerprint density at radius 3 is 2.80 bits per heavy atom. The van der Waals surface area contributed by atoms with Gasteiger partial charge >= 0.3 is 0 Å². The number of carbonyl (C=O) groups is 1. The van der Waals surface area contributed by atoms with Gasteiger partial charge in [-0.2, -0.15) is 0 Å². The number of hydrogen-bond donors (Lipinski definition) is 0. The Labute approximate surface area is 181 Å². The van der Waals surface area contributed by atoms with E-state index in [2.05, 4.69) is 4.98 Å². The fraction of sp³-hybridized carbons (Fsp3) is 0.182. The molecular formula is C22H19FN2O3S2. The molecule has 0 unspecified atom stereocenters. The number of benzene rings is 2. The van der Waals surface area contributed by atoms with E-state index in [4.69, 9.17) is 9.15 Å². The molecule has 0 saturated carbocycles. The van der Waals surface area contributed by atoms with E-state index < -0.39 is 0 Å². The van der Waals surface area contributed by atoms with Gasteiger partial charge in [-0.15, -0.1) is 11.8 Å². The molecule has 2 aromatic carbocycles. The van der Waals surface area contributed by atoms with Crippen molar-refractivity contribution < 1.29 is 18.3 Å². The first-order valence-corrected chi connectivity index (χ1v) is 11.1. The summed E-state index contributed by atoms with van der Waals surface area (Å²) in [5.74, 6) is 1.70. The monoisotopic (exact) mass is 442 g/mol. The standard InChI is InChI=1S/C22H19FN2O3S2/c1-27-16-5-7-18(8-6-16)29-12-10-21(26)25(14-17-3-2-11-28-17)22-24-19-9-4-15(23)13-20(19)30-22/h2-9,11,13H,10,12,14H2,1H3. The van der Waals surface area contributed by atoms with Gasteiger partial charge in [-0.05, 0) is 54.6 Å². The zero-order valence-electron chi connectivity index (χ0n) is 16.2. The number of anilines is 1. The summed E-state index contributed by atoms with van der Waals surface area (Å²) in [7, 11) is 1.63. The first-order chi connectivity index (χ1) is 14.6. The number of halogens is 1. The van der Waals surface area contributed by atoms with E-state index in [0.717, 1.165) is 10.6 Å². The van der Waals surface area contributed by atoms with E-state index in [9.17, 15) is 9.18 Å². The van der Waals surface area contributed by atoms with Crippen LogP contribution in [0.1, 0.15) is 12.2 Å². The number of carbonyl (C=O) groups excluding carboxylic acids is 1. The predicted octanol–water partition coefficient (Wildman–Crippen LogP) is 5.75. The molecule has 4 rings (SSSR count). The molecule has 2 aromatic heterocycles. The van der Waals surface area contributed by atoms with Crippen molar-refractivity contribution in [2.75, 3.05) is 17.8 Å². The maximum atomic E-state index is 13.6. The molecule has 4 aromatic rings. The van der Waals surface area contributed by atoms with Crippen LogP contribution in [-0.2, 0) is 11.3 Å². The molecule has 0 atom stereocenters. The number of thiazole rings is 1. The van der Waals surface area contributed by atoms with E-state index in [1.165, 1.54) is 23.5 Å². The first kappa shape index (κ1) is 20.4. The van der Waals surface area contributed by atoms with E-state index in [-0.39, 0.29) is 18.3 Å². The fourth-order valence-electron chi connectivity index (χ4n) is 2.89. The number of methoxy groups -OCH3 is 1. The van der Waals surface area contributed by atoms with Crippen molar-refractivity contribution in [3.63, 3.8) is 0 Å². The molecule has 0 saturated heterocycles. The fourth-order valence-corrected chi connectivity index (χ4v) is 4.73. The summed E-state index contributed by atoms with van der Waals surface area (Å²) in [6.07, 6.45) is 1.91. The van der Waals surface area contributed by atoms with Crippen LogP contribution < -0.4 is 9.64 Å². The molecule has 1 amide bonds. The number of amides is 1. The molecule has 0 spiro atoms. The molecule has 0 aliphatic heterocycles. The minimum Gasteiger partial charge on any atom is -0.497 e. The van der Waals surface area contributed by atoms with Gasteiger partial charge in [0.2, 0.25) is 5.91 Å². The van der Waals surface area contributed by atoms with Crippen LogP contribution in [0.25, 0.3) is 10.2 Å². The van der Waals surface area contributed by atoms with Crippen LogP contribution in [0.4, 0.5) is 9.52 Å². The van der Waals surface area contributed by atoms with Crippen LogP contribution in [-0.4, -0.2) is 23.8 Å². The lowest BCUT2D eigenvalue weighted by Crippen LogP contribution is -2.30. The van der Waals surface area contributed by atoms with Crippen LogP contribution in [0.3, 0.4) is 0 Å². The van der Waals surface area contributed by atoms with E-state index in [1.54, 1.807) is 42.2 Å². The van der Waals surface area contributed by atoms with Crippen molar-refractivity contribution in [3.8, 4) is 5.75 Å². The second-order valence-corrected chi connectivity index (χ2v) is 8.62. The highest BCUT2D eigenvalue weighted by molar-refractivity contribution is 7.99. The average Bonchev–Trinajstić information content (AvgIpc) is 3.41. The van der Waals surface area contributed by atoms with Gasteiger partial charge in [0.1, 0.15) is 17.3 Å². The third-order valence-corrected chi connectivity index (χ3v) is 6.46. The predicted molar refractivity (Wildman–Crippen MR) is 118 cm³/mol. The van der Waals surface area contributed by atoms with E-state index >= 15 is 0 Å². The number of furan rings is 1. The largest absolute Gasteiger partial charge is 0.497 e. The van der Waals surface area contributed by atoms with Crippen molar-refractivity contribution in [1.82, 2.24) is 4.98 Å². The lowest BCUT2D eigenvalue weighted by molar-refractivity contribution is -0.118. The minimum absolute atomic E-state index is 0.0630. The molecule has 2 heterocycles. The molecule has 0 N–H and O–H groups in total. The zero-order valence-corrected chi connectivity index (χ0v) is 17.8. The number of ether oxygens (including phenoxy) is 1. The molecule has 0 radical (unpaired) electrons. The van der Waals surface area contributed by atoms with Crippen LogP contribution in [0, 0.1) is 5.82 Å². The van der Waals surface area contributed by atoms with Crippen molar-refractivity contribution >= 4 is 44.4 Å². The number of rotatable bonds is 8. The summed E-state index contributed by atoms with van der Waals surface area (Å²) in [5.41, 5.74) is 0.668. The van der Waals surface area contributed by atoms with Gasteiger partial charge in [-0.3, -0.25) is 9.69 Å². The lowest BCUT2D eigenvalue weighted by Gasteiger charge is -2.18. The third kappa shape index (κ3) is 4.83. The van der Waals surface area contributed by atoms with Crippen LogP contribution >= 0.6 is 23.1 Å². The summed E-state index contributed by atoms with van der Waals surface area (Å²) in [5, 5.41) is 0.534. The Morgan fingerprint density at radius 2 is 2.07 bits per heavy atom. The first-order valence-electron chi connectivity index (χ1n) is 9.28. The van der Waals surface area contributed by atoms with Gasteiger partial charge in [-0.25, -0.2) is 9.37 Å². The number of hydrogen-bond acceptors (Lipinski definition) is 6. The molecular weight excluding hydrogens is 423 g/mol. The second kappa shape index (κ2) is 9.32. The minimum atomic E-state index is -0.322.